The standard InChI is InChI=1S/C14H25N3S/c1-14(2,3)13-12(18-17-16-13)11(15)9-10-7-5-4-6-8-10/h10-11H,4-9,15H2,1-3H3. The molecule has 1 unspecified atom stereocenters. The van der Waals surface area contributed by atoms with E-state index in [1.165, 1.54) is 48.5 Å². The molecule has 0 saturated heterocycles. The molecule has 1 aliphatic carbocycles. The molecule has 1 aliphatic rings. The second kappa shape index (κ2) is 5.66. The van der Waals surface area contributed by atoms with Gasteiger partial charge in [-0.3, -0.25) is 0 Å². The largest absolute Gasteiger partial charge is 0.323 e. The van der Waals surface area contributed by atoms with Crippen LogP contribution in [0.5, 0.6) is 0 Å². The van der Waals surface area contributed by atoms with Crippen molar-refractivity contribution in [3.63, 3.8) is 0 Å². The maximum atomic E-state index is 6.40. The van der Waals surface area contributed by atoms with E-state index >= 15 is 0 Å². The quantitative estimate of drug-likeness (QED) is 0.906. The molecule has 18 heavy (non-hydrogen) atoms. The minimum absolute atomic E-state index is 0.0481. The van der Waals surface area contributed by atoms with Crippen molar-refractivity contribution in [1.82, 2.24) is 9.59 Å². The van der Waals surface area contributed by atoms with Gasteiger partial charge in [-0.05, 0) is 23.9 Å². The molecule has 0 aromatic carbocycles. The molecule has 1 aromatic rings. The van der Waals surface area contributed by atoms with Crippen molar-refractivity contribution >= 4 is 11.5 Å². The molecule has 2 N–H and O–H groups in total. The van der Waals surface area contributed by atoms with Crippen molar-refractivity contribution in [2.24, 2.45) is 11.7 Å². The van der Waals surface area contributed by atoms with Gasteiger partial charge >= 0.3 is 0 Å². The van der Waals surface area contributed by atoms with Crippen molar-refractivity contribution in [2.45, 2.75) is 70.8 Å². The van der Waals surface area contributed by atoms with Crippen LogP contribution in [0.15, 0.2) is 0 Å². The Balaban J connectivity index is 2.04. The number of aromatic nitrogens is 2. The Labute approximate surface area is 114 Å². The maximum Gasteiger partial charge on any atom is 0.0856 e. The van der Waals surface area contributed by atoms with E-state index in [0.717, 1.165) is 18.0 Å². The molecule has 1 atom stereocenters. The van der Waals surface area contributed by atoms with Gasteiger partial charge in [-0.1, -0.05) is 57.4 Å². The maximum absolute atomic E-state index is 6.40. The lowest BCUT2D eigenvalue weighted by Gasteiger charge is -2.25. The van der Waals surface area contributed by atoms with Crippen LogP contribution < -0.4 is 5.73 Å². The number of hydrogen-bond acceptors (Lipinski definition) is 4. The highest BCUT2D eigenvalue weighted by molar-refractivity contribution is 7.05. The van der Waals surface area contributed by atoms with Crippen molar-refractivity contribution in [3.8, 4) is 0 Å². The topological polar surface area (TPSA) is 51.8 Å². The van der Waals surface area contributed by atoms with Crippen molar-refractivity contribution < 1.29 is 0 Å². The van der Waals surface area contributed by atoms with Gasteiger partial charge in [0.25, 0.3) is 0 Å². The van der Waals surface area contributed by atoms with Crippen LogP contribution in [0.3, 0.4) is 0 Å². The van der Waals surface area contributed by atoms with Gasteiger partial charge in [0.1, 0.15) is 0 Å². The van der Waals surface area contributed by atoms with Gasteiger partial charge in [0.2, 0.25) is 0 Å². The zero-order valence-corrected chi connectivity index (χ0v) is 12.6. The molecular weight excluding hydrogens is 242 g/mol. The molecular formula is C14H25N3S. The molecule has 1 fully saturated rings. The van der Waals surface area contributed by atoms with E-state index in [9.17, 15) is 0 Å². The lowest BCUT2D eigenvalue weighted by Crippen LogP contribution is -2.21. The van der Waals surface area contributed by atoms with Gasteiger partial charge in [0, 0.05) is 11.5 Å². The highest BCUT2D eigenvalue weighted by atomic mass is 32.1. The van der Waals surface area contributed by atoms with Crippen LogP contribution in [0.1, 0.15) is 75.9 Å². The van der Waals surface area contributed by atoms with Crippen LogP contribution in [-0.4, -0.2) is 9.59 Å². The molecule has 0 radical (unpaired) electrons. The second-order valence-electron chi connectivity index (χ2n) is 6.58. The van der Waals surface area contributed by atoms with E-state index in [1.807, 2.05) is 0 Å². The fourth-order valence-electron chi connectivity index (χ4n) is 2.85. The first-order chi connectivity index (χ1) is 8.48. The van der Waals surface area contributed by atoms with E-state index in [4.69, 9.17) is 5.73 Å². The summed E-state index contributed by atoms with van der Waals surface area (Å²) in [7, 11) is 0. The highest BCUT2D eigenvalue weighted by Crippen LogP contribution is 2.35. The summed E-state index contributed by atoms with van der Waals surface area (Å²) >= 11 is 1.49. The Hall–Kier alpha value is -0.480. The average Bonchev–Trinajstić information content (AvgIpc) is 2.79. The Kier molecular flexibility index (Phi) is 4.38. The number of rotatable bonds is 3. The third-order valence-corrected chi connectivity index (χ3v) is 4.73. The minimum atomic E-state index is 0.0481. The molecule has 0 aliphatic heterocycles. The summed E-state index contributed by atoms with van der Waals surface area (Å²) in [4.78, 5) is 1.20. The average molecular weight is 267 g/mol. The molecule has 4 heteroatoms. The summed E-state index contributed by atoms with van der Waals surface area (Å²) in [5.74, 6) is 0.809. The van der Waals surface area contributed by atoms with Gasteiger partial charge in [0.15, 0.2) is 0 Å². The molecule has 0 bridgehead atoms. The van der Waals surface area contributed by atoms with Crippen LogP contribution in [0.2, 0.25) is 0 Å². The normalized spacial score (nSPS) is 20.0. The predicted octanol–water partition coefficient (Wildman–Crippen LogP) is 3.81. The number of nitrogens with two attached hydrogens (primary N) is 1. The monoisotopic (exact) mass is 267 g/mol. The predicted molar refractivity (Wildman–Crippen MR) is 76.7 cm³/mol. The van der Waals surface area contributed by atoms with Gasteiger partial charge in [-0.15, -0.1) is 5.10 Å². The Bertz CT molecular complexity index is 375. The zero-order valence-electron chi connectivity index (χ0n) is 11.8. The van der Waals surface area contributed by atoms with Gasteiger partial charge < -0.3 is 5.73 Å². The smallest absolute Gasteiger partial charge is 0.0856 e. The summed E-state index contributed by atoms with van der Waals surface area (Å²) in [6.45, 7) is 6.54. The SMILES string of the molecule is CC(C)(C)c1nnsc1C(N)CC1CCCCC1. The van der Waals surface area contributed by atoms with Crippen LogP contribution in [0, 0.1) is 5.92 Å². The van der Waals surface area contributed by atoms with E-state index in [0.29, 0.717) is 0 Å². The minimum Gasteiger partial charge on any atom is -0.323 e. The second-order valence-corrected chi connectivity index (χ2v) is 7.37. The Morgan fingerprint density at radius 3 is 2.56 bits per heavy atom. The summed E-state index contributed by atoms with van der Waals surface area (Å²) in [5.41, 5.74) is 7.54. The molecule has 1 saturated carbocycles. The Morgan fingerprint density at radius 2 is 1.94 bits per heavy atom. The number of hydrogen-bond donors (Lipinski definition) is 1. The number of nitrogens with zero attached hydrogens (tertiary/aromatic N) is 2. The highest BCUT2D eigenvalue weighted by Gasteiger charge is 2.27. The molecule has 1 heterocycles. The Morgan fingerprint density at radius 1 is 1.28 bits per heavy atom. The van der Waals surface area contributed by atoms with Crippen LogP contribution in [-0.2, 0) is 5.41 Å². The third-order valence-electron chi connectivity index (χ3n) is 3.87. The van der Waals surface area contributed by atoms with Gasteiger partial charge in [0.05, 0.1) is 10.6 Å². The summed E-state index contributed by atoms with van der Waals surface area (Å²) in [6.07, 6.45) is 7.97. The molecule has 1 aromatic heterocycles. The van der Waals surface area contributed by atoms with Gasteiger partial charge in [-0.2, -0.15) is 0 Å². The van der Waals surface area contributed by atoms with Crippen molar-refractivity contribution in [2.75, 3.05) is 0 Å². The van der Waals surface area contributed by atoms with Crippen molar-refractivity contribution in [1.29, 1.82) is 0 Å². The molecule has 2 rings (SSSR count). The summed E-state index contributed by atoms with van der Waals surface area (Å²) in [6, 6.07) is 0.127. The van der Waals surface area contributed by atoms with E-state index in [-0.39, 0.29) is 11.5 Å². The fraction of sp³-hybridized carbons (Fsp3) is 0.857. The van der Waals surface area contributed by atoms with E-state index < -0.39 is 0 Å². The molecule has 3 nitrogen and oxygen atoms in total. The summed E-state index contributed by atoms with van der Waals surface area (Å²) in [5, 5.41) is 4.29. The first kappa shape index (κ1) is 13.9. The first-order valence-corrected chi connectivity index (χ1v) is 7.84. The van der Waals surface area contributed by atoms with Crippen LogP contribution >= 0.6 is 11.5 Å². The van der Waals surface area contributed by atoms with E-state index in [2.05, 4.69) is 30.4 Å². The molecule has 102 valence electrons. The zero-order chi connectivity index (χ0) is 13.2. The lowest BCUT2D eigenvalue weighted by molar-refractivity contribution is 0.319. The third kappa shape index (κ3) is 3.29. The first-order valence-electron chi connectivity index (χ1n) is 7.07. The van der Waals surface area contributed by atoms with Crippen LogP contribution in [0.25, 0.3) is 0 Å². The molecule has 0 amide bonds. The molecule has 0 spiro atoms. The van der Waals surface area contributed by atoms with Gasteiger partial charge in [-0.25, -0.2) is 0 Å². The summed E-state index contributed by atoms with van der Waals surface area (Å²) < 4.78 is 4.11. The van der Waals surface area contributed by atoms with E-state index in [1.54, 1.807) is 0 Å². The fourth-order valence-corrected chi connectivity index (χ4v) is 3.73. The van der Waals surface area contributed by atoms with Crippen molar-refractivity contribution in [3.05, 3.63) is 10.6 Å². The van der Waals surface area contributed by atoms with Crippen LogP contribution in [0.4, 0.5) is 0 Å². The lowest BCUT2D eigenvalue weighted by atomic mass is 9.83.